The Hall–Kier alpha value is -0.590. The standard InChI is InChI=1S/C8H13F.2C2H6/c1-4-7(2)5-6-8(3)9;2*1-2/h5-6H,4H2,1-3H3;2*1-2H3/b7-5-,8-6+;;. The number of allylic oxidation sites excluding steroid dienone is 4. The van der Waals surface area contributed by atoms with Crippen molar-refractivity contribution >= 4 is 0 Å². The smallest absolute Gasteiger partial charge is 0.0968 e. The van der Waals surface area contributed by atoms with Crippen LogP contribution in [0, 0.1) is 0 Å². The Morgan fingerprint density at radius 3 is 1.62 bits per heavy atom. The molecule has 0 aromatic carbocycles. The van der Waals surface area contributed by atoms with Gasteiger partial charge in [-0.05, 0) is 26.3 Å². The van der Waals surface area contributed by atoms with Crippen LogP contribution in [0.5, 0.6) is 0 Å². The van der Waals surface area contributed by atoms with Crippen LogP contribution in [0.3, 0.4) is 0 Å². The lowest BCUT2D eigenvalue weighted by atomic mass is 10.2. The first kappa shape index (κ1) is 18.2. The van der Waals surface area contributed by atoms with Gasteiger partial charge in [0.25, 0.3) is 0 Å². The van der Waals surface area contributed by atoms with Gasteiger partial charge in [-0.25, -0.2) is 4.39 Å². The molecule has 1 heteroatoms. The van der Waals surface area contributed by atoms with E-state index in [1.54, 1.807) is 6.08 Å². The number of rotatable bonds is 2. The molecule has 0 spiro atoms. The third kappa shape index (κ3) is 24.6. The van der Waals surface area contributed by atoms with Crippen molar-refractivity contribution in [1.82, 2.24) is 0 Å². The van der Waals surface area contributed by atoms with Crippen LogP contribution in [-0.4, -0.2) is 0 Å². The van der Waals surface area contributed by atoms with Crippen molar-refractivity contribution in [2.75, 3.05) is 0 Å². The maximum Gasteiger partial charge on any atom is 0.0968 e. The Balaban J connectivity index is -0.000000218. The SMILES string of the molecule is CC.CC.CC/C(C)=C\C=C(/C)F. The molecule has 0 radical (unpaired) electrons. The van der Waals surface area contributed by atoms with Gasteiger partial charge in [0.05, 0.1) is 5.83 Å². The molecule has 0 aliphatic carbocycles. The third-order valence-electron chi connectivity index (χ3n) is 1.16. The summed E-state index contributed by atoms with van der Waals surface area (Å²) in [5.41, 5.74) is 1.20. The van der Waals surface area contributed by atoms with E-state index in [0.29, 0.717) is 0 Å². The first-order chi connectivity index (χ1) is 6.16. The molecule has 0 heterocycles. The minimum absolute atomic E-state index is 0.136. The van der Waals surface area contributed by atoms with Gasteiger partial charge < -0.3 is 0 Å². The molecular weight excluding hydrogens is 163 g/mol. The summed E-state index contributed by atoms with van der Waals surface area (Å²) in [5, 5.41) is 0. The highest BCUT2D eigenvalue weighted by atomic mass is 19.1. The molecule has 0 amide bonds. The quantitative estimate of drug-likeness (QED) is 0.518. The van der Waals surface area contributed by atoms with E-state index in [1.165, 1.54) is 18.6 Å². The van der Waals surface area contributed by atoms with Gasteiger partial charge in [-0.2, -0.15) is 0 Å². The molecule has 0 rings (SSSR count). The zero-order valence-electron chi connectivity index (χ0n) is 10.2. The monoisotopic (exact) mass is 188 g/mol. The highest BCUT2D eigenvalue weighted by Crippen LogP contribution is 2.00. The molecule has 0 aromatic rings. The lowest BCUT2D eigenvalue weighted by Gasteiger charge is -1.88. The van der Waals surface area contributed by atoms with Crippen molar-refractivity contribution in [3.63, 3.8) is 0 Å². The highest BCUT2D eigenvalue weighted by molar-refractivity contribution is 5.11. The average Bonchev–Trinajstić information content (AvgIpc) is 2.20. The van der Waals surface area contributed by atoms with Gasteiger partial charge >= 0.3 is 0 Å². The Morgan fingerprint density at radius 1 is 1.00 bits per heavy atom. The van der Waals surface area contributed by atoms with Crippen molar-refractivity contribution in [1.29, 1.82) is 0 Å². The number of halogens is 1. The van der Waals surface area contributed by atoms with E-state index in [0.717, 1.165) is 6.42 Å². The molecule has 0 fully saturated rings. The molecule has 0 aliphatic rings. The molecule has 0 saturated carbocycles. The topological polar surface area (TPSA) is 0 Å². The van der Waals surface area contributed by atoms with E-state index in [4.69, 9.17) is 0 Å². The third-order valence-corrected chi connectivity index (χ3v) is 1.16. The second kappa shape index (κ2) is 17.5. The molecule has 0 saturated heterocycles. The molecule has 0 unspecified atom stereocenters. The van der Waals surface area contributed by atoms with Crippen LogP contribution in [0.2, 0.25) is 0 Å². The van der Waals surface area contributed by atoms with Crippen LogP contribution in [0.4, 0.5) is 4.39 Å². The Bertz CT molecular complexity index is 128. The van der Waals surface area contributed by atoms with Crippen molar-refractivity contribution in [3.05, 3.63) is 23.6 Å². The largest absolute Gasteiger partial charge is 0.212 e. The Labute approximate surface area is 83.6 Å². The van der Waals surface area contributed by atoms with Gasteiger partial charge in [-0.15, -0.1) is 0 Å². The second-order valence-electron chi connectivity index (χ2n) is 2.12. The molecule has 0 bridgehead atoms. The highest BCUT2D eigenvalue weighted by Gasteiger charge is 1.80. The Kier molecular flexibility index (Phi) is 24.5. The summed E-state index contributed by atoms with van der Waals surface area (Å²) in [6, 6.07) is 0. The minimum atomic E-state index is -0.136. The summed E-state index contributed by atoms with van der Waals surface area (Å²) >= 11 is 0. The van der Waals surface area contributed by atoms with Gasteiger partial charge in [-0.3, -0.25) is 0 Å². The van der Waals surface area contributed by atoms with Gasteiger partial charge in [-0.1, -0.05) is 46.3 Å². The normalized spacial score (nSPS) is 10.8. The second-order valence-corrected chi connectivity index (χ2v) is 2.12. The first-order valence-electron chi connectivity index (χ1n) is 5.16. The van der Waals surface area contributed by atoms with E-state index in [9.17, 15) is 4.39 Å². The minimum Gasteiger partial charge on any atom is -0.212 e. The van der Waals surface area contributed by atoms with Gasteiger partial charge in [0.2, 0.25) is 0 Å². The van der Waals surface area contributed by atoms with Crippen molar-refractivity contribution in [2.45, 2.75) is 54.9 Å². The summed E-state index contributed by atoms with van der Waals surface area (Å²) in [6.07, 6.45) is 4.28. The van der Waals surface area contributed by atoms with Crippen molar-refractivity contribution in [3.8, 4) is 0 Å². The van der Waals surface area contributed by atoms with Gasteiger partial charge in [0, 0.05) is 0 Å². The predicted octanol–water partition coefficient (Wildman–Crippen LogP) is 5.27. The number of hydrogen-bond acceptors (Lipinski definition) is 0. The summed E-state index contributed by atoms with van der Waals surface area (Å²) in [5.74, 6) is -0.136. The van der Waals surface area contributed by atoms with E-state index < -0.39 is 0 Å². The van der Waals surface area contributed by atoms with Gasteiger partial charge in [0.15, 0.2) is 0 Å². The first-order valence-corrected chi connectivity index (χ1v) is 5.16. The molecule has 0 aliphatic heterocycles. The summed E-state index contributed by atoms with van der Waals surface area (Å²) in [6.45, 7) is 13.5. The fourth-order valence-corrected chi connectivity index (χ4v) is 0.375. The van der Waals surface area contributed by atoms with Crippen LogP contribution in [0.15, 0.2) is 23.6 Å². The summed E-state index contributed by atoms with van der Waals surface area (Å²) in [4.78, 5) is 0. The molecule has 0 aromatic heterocycles. The lowest BCUT2D eigenvalue weighted by molar-refractivity contribution is 0.640. The Morgan fingerprint density at radius 2 is 1.38 bits per heavy atom. The molecule has 0 nitrogen and oxygen atoms in total. The van der Waals surface area contributed by atoms with E-state index in [-0.39, 0.29) is 5.83 Å². The zero-order chi connectivity index (χ0) is 11.3. The van der Waals surface area contributed by atoms with Crippen molar-refractivity contribution in [2.24, 2.45) is 0 Å². The van der Waals surface area contributed by atoms with E-state index in [1.807, 2.05) is 41.5 Å². The zero-order valence-corrected chi connectivity index (χ0v) is 10.2. The number of hydrogen-bond donors (Lipinski definition) is 0. The molecule has 80 valence electrons. The fraction of sp³-hybridized carbons (Fsp3) is 0.667. The average molecular weight is 188 g/mol. The summed E-state index contributed by atoms with van der Waals surface area (Å²) < 4.78 is 12.0. The van der Waals surface area contributed by atoms with Crippen LogP contribution in [0.25, 0.3) is 0 Å². The molecular formula is C12H25F. The van der Waals surface area contributed by atoms with Crippen molar-refractivity contribution < 1.29 is 4.39 Å². The van der Waals surface area contributed by atoms with E-state index >= 15 is 0 Å². The maximum absolute atomic E-state index is 12.0. The predicted molar refractivity (Wildman–Crippen MR) is 61.6 cm³/mol. The molecule has 13 heavy (non-hydrogen) atoms. The van der Waals surface area contributed by atoms with Crippen LogP contribution >= 0.6 is 0 Å². The lowest BCUT2D eigenvalue weighted by Crippen LogP contribution is -1.68. The van der Waals surface area contributed by atoms with Gasteiger partial charge in [0.1, 0.15) is 0 Å². The molecule has 0 N–H and O–H groups in total. The van der Waals surface area contributed by atoms with Crippen LogP contribution in [0.1, 0.15) is 54.9 Å². The van der Waals surface area contributed by atoms with Crippen LogP contribution in [-0.2, 0) is 0 Å². The molecule has 0 atom stereocenters. The summed E-state index contributed by atoms with van der Waals surface area (Å²) in [7, 11) is 0. The van der Waals surface area contributed by atoms with E-state index in [2.05, 4.69) is 0 Å². The van der Waals surface area contributed by atoms with Crippen LogP contribution < -0.4 is 0 Å². The maximum atomic E-state index is 12.0. The fourth-order valence-electron chi connectivity index (χ4n) is 0.375.